The molecule has 29 heavy (non-hydrogen) atoms. The van der Waals surface area contributed by atoms with Crippen LogP contribution in [0.2, 0.25) is 0 Å². The van der Waals surface area contributed by atoms with Crippen LogP contribution in [0.5, 0.6) is 11.6 Å². The van der Waals surface area contributed by atoms with E-state index in [-0.39, 0.29) is 11.6 Å². The first-order valence-electron chi connectivity index (χ1n) is 8.41. The Kier molecular flexibility index (Phi) is 5.21. The Morgan fingerprint density at radius 3 is 2.41 bits per heavy atom. The lowest BCUT2D eigenvalue weighted by Gasteiger charge is -2.16. The maximum atomic E-state index is 11.6. The van der Waals surface area contributed by atoms with Crippen molar-refractivity contribution in [2.45, 2.75) is 6.92 Å². The third-order valence-electron chi connectivity index (χ3n) is 4.32. The van der Waals surface area contributed by atoms with E-state index in [4.69, 9.17) is 5.11 Å². The van der Waals surface area contributed by atoms with Crippen molar-refractivity contribution in [1.29, 1.82) is 0 Å². The van der Waals surface area contributed by atoms with Crippen LogP contribution in [0, 0.1) is 0 Å². The van der Waals surface area contributed by atoms with Gasteiger partial charge in [-0.15, -0.1) is 0 Å². The van der Waals surface area contributed by atoms with Crippen LogP contribution in [0.25, 0.3) is 10.9 Å². The number of sulfonamides is 1. The molecule has 1 aromatic heterocycles. The number of hydrogen-bond donors (Lipinski definition) is 3. The smallest absolute Gasteiger partial charge is 0.494 e. The number of aliphatic imine (C=N–C) groups is 1. The van der Waals surface area contributed by atoms with Crippen LogP contribution in [0.4, 0.5) is 16.2 Å². The molecule has 0 spiro atoms. The van der Waals surface area contributed by atoms with Gasteiger partial charge in [-0.3, -0.25) is 9.30 Å². The Morgan fingerprint density at radius 1 is 1.17 bits per heavy atom. The molecule has 0 fully saturated rings. The molecule has 3 rings (SSSR count). The summed E-state index contributed by atoms with van der Waals surface area (Å²) in [6, 6.07) is 11.1. The van der Waals surface area contributed by atoms with Crippen molar-refractivity contribution >= 4 is 44.2 Å². The number of aromatic amines is 1. The molecule has 0 aliphatic carbocycles. The van der Waals surface area contributed by atoms with Gasteiger partial charge >= 0.3 is 6.16 Å². The van der Waals surface area contributed by atoms with Gasteiger partial charge in [-0.05, 0) is 49.4 Å². The van der Waals surface area contributed by atoms with Gasteiger partial charge in [0.25, 0.3) is 0 Å². The van der Waals surface area contributed by atoms with E-state index in [1.165, 1.54) is 19.2 Å². The van der Waals surface area contributed by atoms with Crippen LogP contribution < -0.4 is 9.04 Å². The second-order valence-electron chi connectivity index (χ2n) is 6.37. The van der Waals surface area contributed by atoms with Crippen molar-refractivity contribution in [3.63, 3.8) is 0 Å². The number of ether oxygens (including phenoxy) is 1. The van der Waals surface area contributed by atoms with E-state index in [1.807, 2.05) is 0 Å². The zero-order valence-corrected chi connectivity index (χ0v) is 16.7. The number of hydrogen-bond acceptors (Lipinski definition) is 6. The molecule has 0 unspecified atom stereocenters. The number of nitrogens with one attached hydrogen (secondary N) is 1. The van der Waals surface area contributed by atoms with Gasteiger partial charge in [-0.25, -0.2) is 13.2 Å². The second kappa shape index (κ2) is 7.47. The first kappa shape index (κ1) is 20.2. The zero-order valence-electron chi connectivity index (χ0n) is 15.9. The summed E-state index contributed by atoms with van der Waals surface area (Å²) in [7, 11) is -1.91. The molecule has 0 aliphatic heterocycles. The molecular weight excluding hydrogens is 398 g/mol. The van der Waals surface area contributed by atoms with E-state index < -0.39 is 16.2 Å². The number of benzene rings is 2. The summed E-state index contributed by atoms with van der Waals surface area (Å²) in [6.45, 7) is 1.70. The molecule has 0 radical (unpaired) electrons. The maximum absolute atomic E-state index is 11.6. The normalized spacial score (nSPS) is 12.2. The fourth-order valence-electron chi connectivity index (χ4n) is 2.87. The van der Waals surface area contributed by atoms with Crippen LogP contribution in [0.1, 0.15) is 12.5 Å². The number of carboxylic acid groups (broad SMARTS) is 1. The summed E-state index contributed by atoms with van der Waals surface area (Å²) in [5.74, 6) is 0.00775. The van der Waals surface area contributed by atoms with Crippen LogP contribution >= 0.6 is 0 Å². The second-order valence-corrected chi connectivity index (χ2v) is 8.38. The third-order valence-corrected chi connectivity index (χ3v) is 5.53. The molecule has 0 saturated heterocycles. The van der Waals surface area contributed by atoms with Gasteiger partial charge in [-0.1, -0.05) is 0 Å². The standard InChI is InChI=1S/C19H19N3O6S/c1-11(20-12-4-6-13(7-5-12)22(2)29(3,26)27)17-15-10-14(28-19(24)25)8-9-16(15)21-18(17)23/h4-10,21,23H,1-3H3,(H,24,25). The summed E-state index contributed by atoms with van der Waals surface area (Å²) < 4.78 is 29.1. The molecule has 9 nitrogen and oxygen atoms in total. The summed E-state index contributed by atoms with van der Waals surface area (Å²) in [6.07, 6.45) is -0.319. The number of H-pyrrole nitrogens is 1. The molecule has 3 N–H and O–H groups in total. The SMILES string of the molecule is CC(=Nc1ccc(N(C)S(C)(=O)=O)cc1)c1c(O)[nH]c2ccc(OC(=O)O)cc12. The van der Waals surface area contributed by atoms with E-state index in [0.717, 1.165) is 10.6 Å². The molecule has 1 heterocycles. The predicted molar refractivity (Wildman–Crippen MR) is 110 cm³/mol. The maximum Gasteiger partial charge on any atom is 0.511 e. The van der Waals surface area contributed by atoms with Gasteiger partial charge < -0.3 is 19.9 Å². The number of nitrogens with zero attached hydrogens (tertiary/aromatic N) is 2. The number of rotatable bonds is 5. The van der Waals surface area contributed by atoms with E-state index in [1.54, 1.807) is 37.3 Å². The van der Waals surface area contributed by atoms with Crippen molar-refractivity contribution in [3.8, 4) is 11.6 Å². The first-order valence-corrected chi connectivity index (χ1v) is 10.3. The van der Waals surface area contributed by atoms with Crippen molar-refractivity contribution in [2.75, 3.05) is 17.6 Å². The molecule has 3 aromatic rings. The Bertz CT molecular complexity index is 1210. The summed E-state index contributed by atoms with van der Waals surface area (Å²) in [5, 5.41) is 19.6. The molecule has 0 bridgehead atoms. The number of anilines is 1. The van der Waals surface area contributed by atoms with Gasteiger partial charge in [0, 0.05) is 18.0 Å². The van der Waals surface area contributed by atoms with E-state index in [2.05, 4.69) is 14.7 Å². The monoisotopic (exact) mass is 417 g/mol. The highest BCUT2D eigenvalue weighted by Crippen LogP contribution is 2.32. The van der Waals surface area contributed by atoms with Crippen LogP contribution in [-0.4, -0.2) is 48.8 Å². The lowest BCUT2D eigenvalue weighted by molar-refractivity contribution is 0.144. The lowest BCUT2D eigenvalue weighted by atomic mass is 10.1. The van der Waals surface area contributed by atoms with Crippen LogP contribution in [0.15, 0.2) is 47.5 Å². The highest BCUT2D eigenvalue weighted by molar-refractivity contribution is 7.92. The van der Waals surface area contributed by atoms with Gasteiger partial charge in [-0.2, -0.15) is 0 Å². The molecule has 2 aromatic carbocycles. The van der Waals surface area contributed by atoms with Crippen molar-refractivity contribution in [3.05, 3.63) is 48.0 Å². The van der Waals surface area contributed by atoms with E-state index >= 15 is 0 Å². The van der Waals surface area contributed by atoms with Gasteiger partial charge in [0.15, 0.2) is 5.88 Å². The molecule has 152 valence electrons. The lowest BCUT2D eigenvalue weighted by Crippen LogP contribution is -2.24. The zero-order chi connectivity index (χ0) is 21.3. The Hall–Kier alpha value is -3.53. The highest BCUT2D eigenvalue weighted by Gasteiger charge is 2.16. The first-order chi connectivity index (χ1) is 13.6. The predicted octanol–water partition coefficient (Wildman–Crippen LogP) is 3.47. The molecule has 0 saturated carbocycles. The van der Waals surface area contributed by atoms with Crippen LogP contribution in [-0.2, 0) is 10.0 Å². The number of fused-ring (bicyclic) bond motifs is 1. The minimum Gasteiger partial charge on any atom is -0.494 e. The highest BCUT2D eigenvalue weighted by atomic mass is 32.2. The number of aromatic hydroxyl groups is 1. The average Bonchev–Trinajstić information content (AvgIpc) is 2.95. The number of carbonyl (C=O) groups is 1. The summed E-state index contributed by atoms with van der Waals surface area (Å²) >= 11 is 0. The Labute approximate surface area is 166 Å². The molecule has 0 aliphatic rings. The molecule has 0 amide bonds. The average molecular weight is 417 g/mol. The Morgan fingerprint density at radius 2 is 1.83 bits per heavy atom. The van der Waals surface area contributed by atoms with Crippen molar-refractivity contribution < 1.29 is 28.2 Å². The quantitative estimate of drug-likeness (QED) is 0.331. The largest absolute Gasteiger partial charge is 0.511 e. The van der Waals surface area contributed by atoms with E-state index in [0.29, 0.717) is 33.6 Å². The van der Waals surface area contributed by atoms with Crippen molar-refractivity contribution in [2.24, 2.45) is 4.99 Å². The molecular formula is C19H19N3O6S. The van der Waals surface area contributed by atoms with Crippen LogP contribution in [0.3, 0.4) is 0 Å². The van der Waals surface area contributed by atoms with Gasteiger partial charge in [0.2, 0.25) is 10.0 Å². The topological polar surface area (TPSA) is 132 Å². The fraction of sp³-hybridized carbons (Fsp3) is 0.158. The summed E-state index contributed by atoms with van der Waals surface area (Å²) in [4.78, 5) is 18.1. The van der Waals surface area contributed by atoms with E-state index in [9.17, 15) is 18.3 Å². The fourth-order valence-corrected chi connectivity index (χ4v) is 3.37. The third kappa shape index (κ3) is 4.32. The summed E-state index contributed by atoms with van der Waals surface area (Å²) in [5.41, 5.74) is 2.53. The molecule has 10 heteroatoms. The minimum absolute atomic E-state index is 0.109. The van der Waals surface area contributed by atoms with Gasteiger partial charge in [0.05, 0.1) is 28.9 Å². The Balaban J connectivity index is 1.98. The molecule has 0 atom stereocenters. The van der Waals surface area contributed by atoms with Crippen molar-refractivity contribution in [1.82, 2.24) is 4.98 Å². The minimum atomic E-state index is -3.36. The number of aromatic nitrogens is 1. The van der Waals surface area contributed by atoms with Gasteiger partial charge in [0.1, 0.15) is 5.75 Å².